The fourth-order valence-electron chi connectivity index (χ4n) is 0.957. The summed E-state index contributed by atoms with van der Waals surface area (Å²) in [7, 11) is 0. The maximum Gasteiger partial charge on any atom is 0.171 e. The summed E-state index contributed by atoms with van der Waals surface area (Å²) in [5, 5.41) is 0. The lowest BCUT2D eigenvalue weighted by molar-refractivity contribution is -0.244. The molecule has 0 spiro atoms. The topological polar surface area (TPSA) is 18.5 Å². The van der Waals surface area contributed by atoms with Crippen LogP contribution in [0.1, 0.15) is 20.8 Å². The smallest absolute Gasteiger partial charge is 0.171 e. The maximum absolute atomic E-state index is 5.59. The van der Waals surface area contributed by atoms with Gasteiger partial charge in [-0.25, -0.2) is 0 Å². The summed E-state index contributed by atoms with van der Waals surface area (Å²) >= 11 is 5.59. The summed E-state index contributed by atoms with van der Waals surface area (Å²) in [6.07, 6.45) is 0.0136. The summed E-state index contributed by atoms with van der Waals surface area (Å²) in [4.78, 5) is 0. The van der Waals surface area contributed by atoms with Crippen LogP contribution in [0.5, 0.6) is 0 Å². The predicted octanol–water partition coefficient (Wildman–Crippen LogP) is 2.01. The van der Waals surface area contributed by atoms with E-state index in [0.717, 1.165) is 6.61 Å². The molecule has 0 radical (unpaired) electrons. The van der Waals surface area contributed by atoms with Gasteiger partial charge < -0.3 is 9.47 Å². The Morgan fingerprint density at radius 3 is 2.64 bits per heavy atom. The van der Waals surface area contributed by atoms with Gasteiger partial charge in [0.25, 0.3) is 0 Å². The molecule has 2 atom stereocenters. The lowest BCUT2D eigenvalue weighted by atomic mass is 9.88. The zero-order chi connectivity index (χ0) is 8.48. The van der Waals surface area contributed by atoms with Crippen molar-refractivity contribution in [2.45, 2.75) is 33.2 Å². The van der Waals surface area contributed by atoms with E-state index in [1.165, 1.54) is 0 Å². The molecule has 11 heavy (non-hydrogen) atoms. The van der Waals surface area contributed by atoms with Gasteiger partial charge in [0.15, 0.2) is 6.29 Å². The molecule has 0 aliphatic carbocycles. The van der Waals surface area contributed by atoms with Crippen LogP contribution >= 0.6 is 11.6 Å². The lowest BCUT2D eigenvalue weighted by Crippen LogP contribution is -2.44. The Morgan fingerprint density at radius 1 is 1.55 bits per heavy atom. The van der Waals surface area contributed by atoms with Gasteiger partial charge in [-0.05, 0) is 6.92 Å². The second-order valence-corrected chi connectivity index (χ2v) is 3.97. The van der Waals surface area contributed by atoms with Crippen molar-refractivity contribution >= 4 is 11.6 Å². The van der Waals surface area contributed by atoms with Gasteiger partial charge in [0.2, 0.25) is 0 Å². The predicted molar refractivity (Wildman–Crippen MR) is 44.8 cm³/mol. The number of hydrogen-bond acceptors (Lipinski definition) is 2. The highest BCUT2D eigenvalue weighted by molar-refractivity contribution is 6.18. The molecule has 1 fully saturated rings. The largest absolute Gasteiger partial charge is 0.351 e. The van der Waals surface area contributed by atoms with Crippen LogP contribution < -0.4 is 0 Å². The van der Waals surface area contributed by atoms with Gasteiger partial charge in [0.05, 0.1) is 18.6 Å². The molecular formula is C8H15ClO2. The molecule has 1 rings (SSSR count). The number of halogens is 1. The lowest BCUT2D eigenvalue weighted by Gasteiger charge is -2.39. The van der Waals surface area contributed by atoms with Crippen molar-refractivity contribution in [2.75, 3.05) is 12.5 Å². The van der Waals surface area contributed by atoms with Crippen molar-refractivity contribution in [3.05, 3.63) is 0 Å². The van der Waals surface area contributed by atoms with Crippen LogP contribution in [0, 0.1) is 5.41 Å². The quantitative estimate of drug-likeness (QED) is 0.572. The molecular weight excluding hydrogens is 164 g/mol. The first-order valence-corrected chi connectivity index (χ1v) is 4.43. The van der Waals surface area contributed by atoms with Crippen LogP contribution in [0.15, 0.2) is 0 Å². The molecule has 1 aliphatic heterocycles. The van der Waals surface area contributed by atoms with Gasteiger partial charge >= 0.3 is 0 Å². The molecule has 1 saturated heterocycles. The van der Waals surface area contributed by atoms with Crippen LogP contribution in [-0.4, -0.2) is 24.9 Å². The van der Waals surface area contributed by atoms with Crippen molar-refractivity contribution in [3.63, 3.8) is 0 Å². The Bertz CT molecular complexity index is 136. The molecule has 0 saturated carbocycles. The molecule has 1 heterocycles. The molecule has 0 amide bonds. The SMILES string of the molecule is C[C@H]1O[C@H](CCl)OCC1(C)C. The van der Waals surface area contributed by atoms with Gasteiger partial charge in [-0.2, -0.15) is 0 Å². The Morgan fingerprint density at radius 2 is 2.18 bits per heavy atom. The standard InChI is InChI=1S/C8H15ClO2/c1-6-8(2,3)5-10-7(4-9)11-6/h6-7H,4-5H2,1-3H3/t6-,7-/m1/s1. The van der Waals surface area contributed by atoms with E-state index in [4.69, 9.17) is 21.1 Å². The third-order valence-electron chi connectivity index (χ3n) is 2.22. The van der Waals surface area contributed by atoms with E-state index in [1.807, 2.05) is 0 Å². The summed E-state index contributed by atoms with van der Waals surface area (Å²) in [5.74, 6) is 0.417. The highest BCUT2D eigenvalue weighted by atomic mass is 35.5. The zero-order valence-electron chi connectivity index (χ0n) is 7.26. The molecule has 0 aromatic rings. The van der Waals surface area contributed by atoms with Gasteiger partial charge in [-0.1, -0.05) is 13.8 Å². The average molecular weight is 179 g/mol. The molecule has 3 heteroatoms. The fourth-order valence-corrected chi connectivity index (χ4v) is 1.12. The van der Waals surface area contributed by atoms with E-state index >= 15 is 0 Å². The summed E-state index contributed by atoms with van der Waals surface area (Å²) < 4.78 is 10.9. The van der Waals surface area contributed by atoms with E-state index in [1.54, 1.807) is 0 Å². The Kier molecular flexibility index (Phi) is 2.79. The van der Waals surface area contributed by atoms with Gasteiger partial charge in [0.1, 0.15) is 0 Å². The number of hydrogen-bond donors (Lipinski definition) is 0. The van der Waals surface area contributed by atoms with Crippen molar-refractivity contribution in [1.82, 2.24) is 0 Å². The number of ether oxygens (including phenoxy) is 2. The summed E-state index contributed by atoms with van der Waals surface area (Å²) in [5.41, 5.74) is 0.114. The van der Waals surface area contributed by atoms with Crippen molar-refractivity contribution in [1.29, 1.82) is 0 Å². The number of rotatable bonds is 1. The molecule has 66 valence electrons. The first-order chi connectivity index (χ1) is 5.06. The fraction of sp³-hybridized carbons (Fsp3) is 1.00. The van der Waals surface area contributed by atoms with Crippen LogP contribution in [0.3, 0.4) is 0 Å². The average Bonchev–Trinajstić information content (AvgIpc) is 1.95. The van der Waals surface area contributed by atoms with E-state index in [9.17, 15) is 0 Å². The van der Waals surface area contributed by atoms with Crippen LogP contribution in [0.4, 0.5) is 0 Å². The third kappa shape index (κ3) is 2.08. The molecule has 1 aliphatic rings. The van der Waals surface area contributed by atoms with Crippen molar-refractivity contribution in [3.8, 4) is 0 Å². The molecule has 2 nitrogen and oxygen atoms in total. The van der Waals surface area contributed by atoms with Crippen LogP contribution in [0.25, 0.3) is 0 Å². The van der Waals surface area contributed by atoms with Crippen LogP contribution in [-0.2, 0) is 9.47 Å². The highest BCUT2D eigenvalue weighted by Crippen LogP contribution is 2.29. The van der Waals surface area contributed by atoms with E-state index in [0.29, 0.717) is 5.88 Å². The first-order valence-electron chi connectivity index (χ1n) is 3.89. The minimum Gasteiger partial charge on any atom is -0.351 e. The third-order valence-corrected chi connectivity index (χ3v) is 2.48. The summed E-state index contributed by atoms with van der Waals surface area (Å²) in [6, 6.07) is 0. The summed E-state index contributed by atoms with van der Waals surface area (Å²) in [6.45, 7) is 7.04. The Balaban J connectivity index is 2.48. The van der Waals surface area contributed by atoms with Gasteiger partial charge in [-0.3, -0.25) is 0 Å². The normalized spacial score (nSPS) is 37.1. The van der Waals surface area contributed by atoms with E-state index in [-0.39, 0.29) is 17.8 Å². The molecule has 0 bridgehead atoms. The monoisotopic (exact) mass is 178 g/mol. The maximum atomic E-state index is 5.59. The second kappa shape index (κ2) is 3.30. The van der Waals surface area contributed by atoms with Crippen LogP contribution in [0.2, 0.25) is 0 Å². The second-order valence-electron chi connectivity index (χ2n) is 3.66. The minimum absolute atomic E-state index is 0.114. The molecule has 0 unspecified atom stereocenters. The van der Waals surface area contributed by atoms with E-state index < -0.39 is 0 Å². The molecule has 0 aromatic heterocycles. The van der Waals surface area contributed by atoms with Gasteiger partial charge in [-0.15, -0.1) is 11.6 Å². The minimum atomic E-state index is -0.209. The van der Waals surface area contributed by atoms with Crippen molar-refractivity contribution in [2.24, 2.45) is 5.41 Å². The molecule has 0 aromatic carbocycles. The first kappa shape index (κ1) is 9.30. The zero-order valence-corrected chi connectivity index (χ0v) is 8.02. The Labute approximate surface area is 72.8 Å². The van der Waals surface area contributed by atoms with Crippen molar-refractivity contribution < 1.29 is 9.47 Å². The highest BCUT2D eigenvalue weighted by Gasteiger charge is 2.34. The van der Waals surface area contributed by atoms with Gasteiger partial charge in [0, 0.05) is 5.41 Å². The molecule has 0 N–H and O–H groups in total. The number of alkyl halides is 1. The van der Waals surface area contributed by atoms with E-state index in [2.05, 4.69) is 20.8 Å². The Hall–Kier alpha value is 0.210.